The standard InChI is InChI=1S/C20H28FN5/c1-15-12-16(2)14-25(13-15)20(22-3)23-10-8-18-9-11-26(24-18)19-6-4-17(21)5-7-19/h4-7,9,11,15-16H,8,10,12-14H2,1-3H3,(H,22,23). The minimum atomic E-state index is -0.238. The van der Waals surface area contributed by atoms with Crippen LogP contribution in [0.5, 0.6) is 0 Å². The smallest absolute Gasteiger partial charge is 0.193 e. The van der Waals surface area contributed by atoms with Crippen molar-refractivity contribution in [3.8, 4) is 5.69 Å². The van der Waals surface area contributed by atoms with Crippen LogP contribution < -0.4 is 5.32 Å². The number of rotatable bonds is 4. The molecule has 1 N–H and O–H groups in total. The highest BCUT2D eigenvalue weighted by atomic mass is 19.1. The molecule has 3 rings (SSSR count). The largest absolute Gasteiger partial charge is 0.356 e. The first kappa shape index (κ1) is 18.4. The molecule has 1 aromatic heterocycles. The van der Waals surface area contributed by atoms with Crippen molar-refractivity contribution < 1.29 is 4.39 Å². The van der Waals surface area contributed by atoms with Gasteiger partial charge in [0.1, 0.15) is 5.82 Å². The molecule has 0 bridgehead atoms. The van der Waals surface area contributed by atoms with E-state index in [9.17, 15) is 4.39 Å². The molecule has 1 aliphatic heterocycles. The number of aliphatic imine (C=N–C) groups is 1. The van der Waals surface area contributed by atoms with E-state index in [0.717, 1.165) is 43.4 Å². The second-order valence-corrected chi connectivity index (χ2v) is 7.30. The first-order valence-corrected chi connectivity index (χ1v) is 9.31. The third-order valence-electron chi connectivity index (χ3n) is 4.78. The van der Waals surface area contributed by atoms with Gasteiger partial charge in [-0.05, 0) is 48.6 Å². The lowest BCUT2D eigenvalue weighted by Crippen LogP contribution is -2.48. The second kappa shape index (κ2) is 8.34. The molecule has 0 spiro atoms. The van der Waals surface area contributed by atoms with Gasteiger partial charge >= 0.3 is 0 Å². The molecule has 1 aromatic carbocycles. The molecule has 2 atom stereocenters. The van der Waals surface area contributed by atoms with E-state index in [0.29, 0.717) is 11.8 Å². The summed E-state index contributed by atoms with van der Waals surface area (Å²) in [4.78, 5) is 6.80. The van der Waals surface area contributed by atoms with Gasteiger partial charge in [-0.2, -0.15) is 5.10 Å². The summed E-state index contributed by atoms with van der Waals surface area (Å²) in [6.07, 6.45) is 4.01. The summed E-state index contributed by atoms with van der Waals surface area (Å²) in [5, 5.41) is 8.03. The van der Waals surface area contributed by atoms with Crippen LogP contribution in [0.1, 0.15) is 26.0 Å². The first-order chi connectivity index (χ1) is 12.5. The van der Waals surface area contributed by atoms with Crippen LogP contribution in [0.4, 0.5) is 4.39 Å². The maximum Gasteiger partial charge on any atom is 0.193 e. The fourth-order valence-corrected chi connectivity index (χ4v) is 3.70. The summed E-state index contributed by atoms with van der Waals surface area (Å²) >= 11 is 0. The number of aromatic nitrogens is 2. The van der Waals surface area contributed by atoms with Crippen molar-refractivity contribution in [1.82, 2.24) is 20.0 Å². The number of hydrogen-bond donors (Lipinski definition) is 1. The molecule has 1 saturated heterocycles. The van der Waals surface area contributed by atoms with Gasteiger partial charge in [0.05, 0.1) is 11.4 Å². The number of hydrogen-bond acceptors (Lipinski definition) is 2. The van der Waals surface area contributed by atoms with Crippen LogP contribution >= 0.6 is 0 Å². The minimum absolute atomic E-state index is 0.238. The fraction of sp³-hybridized carbons (Fsp3) is 0.500. The molecule has 1 fully saturated rings. The van der Waals surface area contributed by atoms with Crippen molar-refractivity contribution in [2.75, 3.05) is 26.7 Å². The number of likely N-dealkylation sites (tertiary alicyclic amines) is 1. The molecule has 0 saturated carbocycles. The van der Waals surface area contributed by atoms with Crippen LogP contribution in [-0.4, -0.2) is 47.3 Å². The molecule has 2 aromatic rings. The Morgan fingerprint density at radius 3 is 2.54 bits per heavy atom. The van der Waals surface area contributed by atoms with E-state index in [1.54, 1.807) is 16.8 Å². The van der Waals surface area contributed by atoms with E-state index in [2.05, 4.69) is 34.2 Å². The van der Waals surface area contributed by atoms with Gasteiger partial charge in [0.2, 0.25) is 0 Å². The van der Waals surface area contributed by atoms with E-state index in [-0.39, 0.29) is 5.82 Å². The third kappa shape index (κ3) is 4.62. The van der Waals surface area contributed by atoms with Gasteiger partial charge in [-0.1, -0.05) is 13.8 Å². The summed E-state index contributed by atoms with van der Waals surface area (Å²) in [6, 6.07) is 8.35. The van der Waals surface area contributed by atoms with Crippen molar-refractivity contribution in [2.24, 2.45) is 16.8 Å². The Balaban J connectivity index is 1.53. The van der Waals surface area contributed by atoms with Gasteiger partial charge in [-0.3, -0.25) is 4.99 Å². The molecule has 1 aliphatic rings. The number of benzene rings is 1. The second-order valence-electron chi connectivity index (χ2n) is 7.30. The van der Waals surface area contributed by atoms with Gasteiger partial charge in [-0.25, -0.2) is 9.07 Å². The highest BCUT2D eigenvalue weighted by molar-refractivity contribution is 5.80. The topological polar surface area (TPSA) is 45.5 Å². The van der Waals surface area contributed by atoms with Gasteiger partial charge in [0.25, 0.3) is 0 Å². The molecule has 0 aliphatic carbocycles. The van der Waals surface area contributed by atoms with Gasteiger partial charge in [-0.15, -0.1) is 0 Å². The van der Waals surface area contributed by atoms with Crippen LogP contribution in [0.25, 0.3) is 5.69 Å². The Hall–Kier alpha value is -2.37. The van der Waals surface area contributed by atoms with Crippen molar-refractivity contribution in [3.05, 3.63) is 48.0 Å². The van der Waals surface area contributed by atoms with Gasteiger partial charge in [0, 0.05) is 39.3 Å². The van der Waals surface area contributed by atoms with Crippen LogP contribution in [0, 0.1) is 17.7 Å². The molecular weight excluding hydrogens is 329 g/mol. The first-order valence-electron chi connectivity index (χ1n) is 9.31. The summed E-state index contributed by atoms with van der Waals surface area (Å²) in [6.45, 7) is 7.51. The highest BCUT2D eigenvalue weighted by Gasteiger charge is 2.23. The molecule has 5 nitrogen and oxygen atoms in total. The zero-order valence-corrected chi connectivity index (χ0v) is 15.8. The van der Waals surface area contributed by atoms with Crippen molar-refractivity contribution in [2.45, 2.75) is 26.7 Å². The van der Waals surface area contributed by atoms with E-state index in [4.69, 9.17) is 0 Å². The van der Waals surface area contributed by atoms with Gasteiger partial charge in [0.15, 0.2) is 5.96 Å². The third-order valence-corrected chi connectivity index (χ3v) is 4.78. The zero-order chi connectivity index (χ0) is 18.5. The predicted octanol–water partition coefficient (Wildman–Crippen LogP) is 3.11. The van der Waals surface area contributed by atoms with Gasteiger partial charge < -0.3 is 10.2 Å². The Kier molecular flexibility index (Phi) is 5.91. The number of piperidine rings is 1. The van der Waals surface area contributed by atoms with E-state index in [1.165, 1.54) is 18.6 Å². The quantitative estimate of drug-likeness (QED) is 0.676. The predicted molar refractivity (Wildman–Crippen MR) is 103 cm³/mol. The summed E-state index contributed by atoms with van der Waals surface area (Å²) in [7, 11) is 1.84. The Labute approximate surface area is 154 Å². The van der Waals surface area contributed by atoms with Crippen molar-refractivity contribution in [3.63, 3.8) is 0 Å². The molecule has 140 valence electrons. The average Bonchev–Trinajstić information content (AvgIpc) is 3.07. The molecule has 2 heterocycles. The van der Waals surface area contributed by atoms with Crippen LogP contribution in [0.2, 0.25) is 0 Å². The molecule has 26 heavy (non-hydrogen) atoms. The van der Waals surface area contributed by atoms with Crippen molar-refractivity contribution >= 4 is 5.96 Å². The lowest BCUT2D eigenvalue weighted by Gasteiger charge is -2.37. The Morgan fingerprint density at radius 1 is 1.19 bits per heavy atom. The lowest BCUT2D eigenvalue weighted by molar-refractivity contribution is 0.208. The summed E-state index contributed by atoms with van der Waals surface area (Å²) in [5.74, 6) is 2.13. The SMILES string of the molecule is CN=C(NCCc1ccn(-c2ccc(F)cc2)n1)N1CC(C)CC(C)C1. The molecule has 2 unspecified atom stereocenters. The van der Waals surface area contributed by atoms with Crippen LogP contribution in [-0.2, 0) is 6.42 Å². The van der Waals surface area contributed by atoms with E-state index >= 15 is 0 Å². The number of nitrogens with one attached hydrogen (secondary N) is 1. The molecule has 0 amide bonds. The van der Waals surface area contributed by atoms with E-state index < -0.39 is 0 Å². The summed E-state index contributed by atoms with van der Waals surface area (Å²) in [5.41, 5.74) is 1.86. The Morgan fingerprint density at radius 2 is 1.88 bits per heavy atom. The van der Waals surface area contributed by atoms with E-state index in [1.807, 2.05) is 19.3 Å². The van der Waals surface area contributed by atoms with Crippen LogP contribution in [0.3, 0.4) is 0 Å². The number of halogens is 1. The monoisotopic (exact) mass is 357 g/mol. The zero-order valence-electron chi connectivity index (χ0n) is 15.8. The summed E-state index contributed by atoms with van der Waals surface area (Å²) < 4.78 is 14.8. The average molecular weight is 357 g/mol. The number of guanidine groups is 1. The maximum absolute atomic E-state index is 13.0. The lowest BCUT2D eigenvalue weighted by atomic mass is 9.92. The highest BCUT2D eigenvalue weighted by Crippen LogP contribution is 2.20. The minimum Gasteiger partial charge on any atom is -0.356 e. The molecular formula is C20H28FN5. The normalized spacial score (nSPS) is 21.1. The number of nitrogens with zero attached hydrogens (tertiary/aromatic N) is 4. The Bertz CT molecular complexity index is 727. The van der Waals surface area contributed by atoms with Crippen molar-refractivity contribution in [1.29, 1.82) is 0 Å². The fourth-order valence-electron chi connectivity index (χ4n) is 3.70. The maximum atomic E-state index is 13.0. The molecule has 6 heteroatoms. The van der Waals surface area contributed by atoms with Crippen LogP contribution in [0.15, 0.2) is 41.5 Å². The molecule has 0 radical (unpaired) electrons.